The van der Waals surface area contributed by atoms with Crippen molar-refractivity contribution in [3.63, 3.8) is 0 Å². The van der Waals surface area contributed by atoms with Crippen molar-refractivity contribution in [3.8, 4) is 0 Å². The van der Waals surface area contributed by atoms with E-state index in [1.807, 2.05) is 84.9 Å². The molecule has 4 aromatic rings. The second-order valence-corrected chi connectivity index (χ2v) is 10.7. The molecule has 4 rings (SSSR count). The average molecular weight is 489 g/mol. The number of carbonyl (C=O) groups is 1. The lowest BCUT2D eigenvalue weighted by Gasteiger charge is -2.25. The maximum Gasteiger partial charge on any atom is 0.257 e. The first-order valence-electron chi connectivity index (χ1n) is 10.7. The van der Waals surface area contributed by atoms with Crippen LogP contribution >= 0.6 is 11.8 Å². The van der Waals surface area contributed by atoms with E-state index in [0.29, 0.717) is 11.4 Å². The predicted molar refractivity (Wildman–Crippen MR) is 139 cm³/mol. The van der Waals surface area contributed by atoms with Gasteiger partial charge in [-0.3, -0.25) is 9.10 Å². The highest BCUT2D eigenvalue weighted by molar-refractivity contribution is 7.99. The molecule has 1 amide bonds. The van der Waals surface area contributed by atoms with E-state index in [1.165, 1.54) is 4.31 Å². The van der Waals surface area contributed by atoms with Gasteiger partial charge in [0.2, 0.25) is 10.0 Å². The minimum absolute atomic E-state index is 0.129. The third-order valence-electron chi connectivity index (χ3n) is 5.09. The van der Waals surface area contributed by atoms with Gasteiger partial charge in [-0.1, -0.05) is 84.6 Å². The van der Waals surface area contributed by atoms with Crippen LogP contribution in [0.5, 0.6) is 0 Å². The Morgan fingerprint density at radius 3 is 2.09 bits per heavy atom. The molecular formula is C27H24N2O3S2. The molecule has 0 aliphatic rings. The summed E-state index contributed by atoms with van der Waals surface area (Å²) in [7, 11) is -3.64. The number of nitrogens with zero attached hydrogens (tertiary/aromatic N) is 1. The average Bonchev–Trinajstić information content (AvgIpc) is 2.84. The maximum atomic E-state index is 13.4. The normalized spacial score (nSPS) is 11.1. The van der Waals surface area contributed by atoms with Crippen LogP contribution in [0.4, 0.5) is 11.4 Å². The highest BCUT2D eigenvalue weighted by atomic mass is 32.2. The minimum atomic E-state index is -3.64. The number of sulfonamides is 1. The summed E-state index contributed by atoms with van der Waals surface area (Å²) in [5.41, 5.74) is 2.10. The summed E-state index contributed by atoms with van der Waals surface area (Å²) in [5, 5.41) is 2.98. The summed E-state index contributed by atoms with van der Waals surface area (Å²) in [4.78, 5) is 15.3. The van der Waals surface area contributed by atoms with Crippen molar-refractivity contribution in [2.45, 2.75) is 16.3 Å². The Balaban J connectivity index is 1.65. The zero-order valence-corrected chi connectivity index (χ0v) is 20.2. The third kappa shape index (κ3) is 5.87. The molecule has 0 fully saturated rings. The highest BCUT2D eigenvalue weighted by Crippen LogP contribution is 2.34. The monoisotopic (exact) mass is 488 g/mol. The SMILES string of the molecule is CS(=O)(=O)N(Cc1ccccc1)c1ccccc1C(=O)Nc1ccccc1Sc1ccccc1. The van der Waals surface area contributed by atoms with Crippen molar-refractivity contribution in [1.82, 2.24) is 0 Å². The first kappa shape index (κ1) is 23.6. The van der Waals surface area contributed by atoms with Crippen molar-refractivity contribution in [3.05, 3.63) is 120 Å². The zero-order chi connectivity index (χ0) is 24.0. The molecule has 0 aromatic heterocycles. The molecule has 4 aromatic carbocycles. The molecule has 7 heteroatoms. The molecular weight excluding hydrogens is 464 g/mol. The molecule has 0 saturated carbocycles. The Hall–Kier alpha value is -3.55. The number of amides is 1. The first-order chi connectivity index (χ1) is 16.4. The highest BCUT2D eigenvalue weighted by Gasteiger charge is 2.24. The van der Waals surface area contributed by atoms with E-state index in [4.69, 9.17) is 0 Å². The number of hydrogen-bond donors (Lipinski definition) is 1. The summed E-state index contributed by atoms with van der Waals surface area (Å²) in [5.74, 6) is -0.376. The second-order valence-electron chi connectivity index (χ2n) is 7.64. The van der Waals surface area contributed by atoms with Gasteiger partial charge in [0.05, 0.1) is 29.7 Å². The van der Waals surface area contributed by atoms with Crippen LogP contribution in [0.3, 0.4) is 0 Å². The lowest BCUT2D eigenvalue weighted by Crippen LogP contribution is -2.31. The molecule has 0 heterocycles. The van der Waals surface area contributed by atoms with Gasteiger partial charge in [0.15, 0.2) is 0 Å². The van der Waals surface area contributed by atoms with Gasteiger partial charge in [-0.2, -0.15) is 0 Å². The van der Waals surface area contributed by atoms with Crippen molar-refractivity contribution >= 4 is 39.1 Å². The molecule has 0 bridgehead atoms. The molecule has 5 nitrogen and oxygen atoms in total. The topological polar surface area (TPSA) is 66.5 Å². The smallest absolute Gasteiger partial charge is 0.257 e. The van der Waals surface area contributed by atoms with Crippen LogP contribution in [-0.2, 0) is 16.6 Å². The molecule has 0 spiro atoms. The maximum absolute atomic E-state index is 13.4. The molecule has 0 aliphatic carbocycles. The number of benzene rings is 4. The van der Waals surface area contributed by atoms with Crippen molar-refractivity contribution in [2.24, 2.45) is 0 Å². The first-order valence-corrected chi connectivity index (χ1v) is 13.3. The van der Waals surface area contributed by atoms with Gasteiger partial charge in [-0.05, 0) is 42.0 Å². The van der Waals surface area contributed by atoms with E-state index < -0.39 is 10.0 Å². The van der Waals surface area contributed by atoms with E-state index in [1.54, 1.807) is 36.0 Å². The molecule has 34 heavy (non-hydrogen) atoms. The zero-order valence-electron chi connectivity index (χ0n) is 18.6. The molecule has 0 unspecified atom stereocenters. The van der Waals surface area contributed by atoms with Gasteiger partial charge in [0.1, 0.15) is 0 Å². The number of carbonyl (C=O) groups excluding carboxylic acids is 1. The van der Waals surface area contributed by atoms with E-state index in [-0.39, 0.29) is 18.0 Å². The van der Waals surface area contributed by atoms with Crippen LogP contribution in [0.25, 0.3) is 0 Å². The van der Waals surface area contributed by atoms with Gasteiger partial charge in [0.25, 0.3) is 5.91 Å². The number of hydrogen-bond acceptors (Lipinski definition) is 4. The van der Waals surface area contributed by atoms with Crippen LogP contribution < -0.4 is 9.62 Å². The lowest BCUT2D eigenvalue weighted by molar-refractivity contribution is 0.102. The van der Waals surface area contributed by atoms with E-state index in [0.717, 1.165) is 21.6 Å². The fourth-order valence-corrected chi connectivity index (χ4v) is 5.30. The van der Waals surface area contributed by atoms with Crippen LogP contribution in [-0.4, -0.2) is 20.6 Å². The van der Waals surface area contributed by atoms with Gasteiger partial charge in [-0.15, -0.1) is 0 Å². The fourth-order valence-electron chi connectivity index (χ4n) is 3.48. The van der Waals surface area contributed by atoms with E-state index >= 15 is 0 Å². The molecule has 1 N–H and O–H groups in total. The molecule has 172 valence electrons. The van der Waals surface area contributed by atoms with Crippen LogP contribution in [0, 0.1) is 0 Å². The van der Waals surface area contributed by atoms with Gasteiger partial charge in [-0.25, -0.2) is 8.42 Å². The summed E-state index contributed by atoms with van der Waals surface area (Å²) < 4.78 is 26.7. The minimum Gasteiger partial charge on any atom is -0.321 e. The summed E-state index contributed by atoms with van der Waals surface area (Å²) in [6.07, 6.45) is 1.15. The van der Waals surface area contributed by atoms with Crippen molar-refractivity contribution in [2.75, 3.05) is 15.9 Å². The van der Waals surface area contributed by atoms with E-state index in [2.05, 4.69) is 5.32 Å². The van der Waals surface area contributed by atoms with Gasteiger partial charge >= 0.3 is 0 Å². The van der Waals surface area contributed by atoms with Crippen molar-refractivity contribution in [1.29, 1.82) is 0 Å². The Morgan fingerprint density at radius 2 is 1.38 bits per heavy atom. The lowest BCUT2D eigenvalue weighted by atomic mass is 10.1. The predicted octanol–water partition coefficient (Wildman–Crippen LogP) is 6.06. The standard InChI is InChI=1S/C27H24N2O3S2/c1-34(31,32)29(20-21-12-4-2-5-13-21)25-18-10-8-16-23(25)27(30)28-24-17-9-11-19-26(24)33-22-14-6-3-7-15-22/h2-19H,20H2,1H3,(H,28,30). The number of nitrogens with one attached hydrogen (secondary N) is 1. The van der Waals surface area contributed by atoms with E-state index in [9.17, 15) is 13.2 Å². The number of anilines is 2. The van der Waals surface area contributed by atoms with Crippen LogP contribution in [0.1, 0.15) is 15.9 Å². The second kappa shape index (κ2) is 10.6. The summed E-state index contributed by atoms with van der Waals surface area (Å²) in [6, 6.07) is 33.5. The third-order valence-corrected chi connectivity index (χ3v) is 7.30. The number of rotatable bonds is 8. The Labute approximate surface area is 204 Å². The largest absolute Gasteiger partial charge is 0.321 e. The molecule has 0 saturated heterocycles. The summed E-state index contributed by atoms with van der Waals surface area (Å²) >= 11 is 1.55. The Morgan fingerprint density at radius 1 is 0.794 bits per heavy atom. The van der Waals surface area contributed by atoms with Crippen molar-refractivity contribution < 1.29 is 13.2 Å². The Kier molecular flexibility index (Phi) is 7.35. The summed E-state index contributed by atoms with van der Waals surface area (Å²) in [6.45, 7) is 0.129. The van der Waals surface area contributed by atoms with Crippen LogP contribution in [0.2, 0.25) is 0 Å². The Bertz CT molecular complexity index is 1380. The molecule has 0 aliphatic heterocycles. The van der Waals surface area contributed by atoms with Crippen LogP contribution in [0.15, 0.2) is 119 Å². The van der Waals surface area contributed by atoms with Gasteiger partial charge < -0.3 is 5.32 Å². The fraction of sp³-hybridized carbons (Fsp3) is 0.0741. The molecule has 0 radical (unpaired) electrons. The van der Waals surface area contributed by atoms with Gasteiger partial charge in [0, 0.05) is 9.79 Å². The number of para-hydroxylation sites is 2. The molecule has 0 atom stereocenters. The quantitative estimate of drug-likeness (QED) is 0.328.